The molecule has 0 aliphatic heterocycles. The van der Waals surface area contributed by atoms with Crippen molar-refractivity contribution in [1.82, 2.24) is 0 Å². The number of anilines is 2. The predicted octanol–water partition coefficient (Wildman–Crippen LogP) is 1.52. The summed E-state index contributed by atoms with van der Waals surface area (Å²) in [5.74, 6) is -3.05. The van der Waals surface area contributed by atoms with Gasteiger partial charge in [-0.1, -0.05) is 0 Å². The lowest BCUT2D eigenvalue weighted by atomic mass is 10.1. The average molecular weight is 293 g/mol. The summed E-state index contributed by atoms with van der Waals surface area (Å²) >= 11 is 0. The van der Waals surface area contributed by atoms with Crippen molar-refractivity contribution in [2.45, 2.75) is 5.91 Å². The molecule has 0 aliphatic rings. The maximum absolute atomic E-state index is 12.8. The Morgan fingerprint density at radius 3 is 2.38 bits per heavy atom. The second-order valence-corrected chi connectivity index (χ2v) is 4.33. The monoisotopic (exact) mass is 293 g/mol. The van der Waals surface area contributed by atoms with E-state index in [-0.39, 0.29) is 22.6 Å². The van der Waals surface area contributed by atoms with E-state index in [0.29, 0.717) is 0 Å². The van der Waals surface area contributed by atoms with Crippen LogP contribution < -0.4 is 11.1 Å². The first kappa shape index (κ1) is 14.7. The smallest absolute Gasteiger partial charge is 0.294 e. The van der Waals surface area contributed by atoms with Gasteiger partial charge in [0.25, 0.3) is 11.6 Å². The number of halogens is 1. The standard InChI is InChI=1S/C13H12FN3O4/c14-9-3-1-8(2-4-9)13(18,19)16-10-5-6-11(15)12(7-10)17(20)21/h1-7,16,18-19H,15H2. The van der Waals surface area contributed by atoms with E-state index in [2.05, 4.69) is 5.32 Å². The Bertz CT molecular complexity index is 674. The third kappa shape index (κ3) is 3.25. The van der Waals surface area contributed by atoms with Gasteiger partial charge in [0.15, 0.2) is 0 Å². The van der Waals surface area contributed by atoms with Gasteiger partial charge in [-0.2, -0.15) is 0 Å². The Balaban J connectivity index is 2.30. The molecule has 0 atom stereocenters. The summed E-state index contributed by atoms with van der Waals surface area (Å²) in [5, 5.41) is 33.0. The Morgan fingerprint density at radius 2 is 1.81 bits per heavy atom. The number of nitro groups is 1. The van der Waals surface area contributed by atoms with Crippen LogP contribution in [0.2, 0.25) is 0 Å². The molecule has 2 aromatic carbocycles. The van der Waals surface area contributed by atoms with Crippen LogP contribution in [0.5, 0.6) is 0 Å². The van der Waals surface area contributed by atoms with Gasteiger partial charge in [-0.05, 0) is 36.4 Å². The third-order valence-electron chi connectivity index (χ3n) is 2.79. The fourth-order valence-electron chi connectivity index (χ4n) is 1.74. The Hall–Kier alpha value is -2.71. The number of rotatable bonds is 4. The van der Waals surface area contributed by atoms with Gasteiger partial charge in [0, 0.05) is 17.3 Å². The zero-order chi connectivity index (χ0) is 15.6. The van der Waals surface area contributed by atoms with E-state index < -0.39 is 16.7 Å². The molecule has 8 heteroatoms. The highest BCUT2D eigenvalue weighted by Crippen LogP contribution is 2.28. The van der Waals surface area contributed by atoms with Gasteiger partial charge < -0.3 is 21.3 Å². The molecule has 0 bridgehead atoms. The third-order valence-corrected chi connectivity index (χ3v) is 2.79. The Morgan fingerprint density at radius 1 is 1.19 bits per heavy atom. The van der Waals surface area contributed by atoms with Crippen molar-refractivity contribution in [2.24, 2.45) is 0 Å². The molecule has 2 aromatic rings. The van der Waals surface area contributed by atoms with Crippen molar-refractivity contribution in [3.8, 4) is 0 Å². The summed E-state index contributed by atoms with van der Waals surface area (Å²) in [6, 6.07) is 8.16. The molecule has 0 heterocycles. The molecule has 0 amide bonds. The van der Waals surface area contributed by atoms with E-state index in [1.165, 1.54) is 24.3 Å². The van der Waals surface area contributed by atoms with Crippen molar-refractivity contribution >= 4 is 17.1 Å². The van der Waals surface area contributed by atoms with Crippen molar-refractivity contribution in [3.63, 3.8) is 0 Å². The van der Waals surface area contributed by atoms with Crippen LogP contribution in [-0.2, 0) is 5.91 Å². The number of nitrogens with two attached hydrogens (primary N) is 1. The van der Waals surface area contributed by atoms with E-state index >= 15 is 0 Å². The quantitative estimate of drug-likeness (QED) is 0.293. The number of nitro benzene ring substituents is 1. The van der Waals surface area contributed by atoms with Gasteiger partial charge in [0.1, 0.15) is 11.5 Å². The minimum Gasteiger partial charge on any atom is -0.393 e. The van der Waals surface area contributed by atoms with Crippen LogP contribution in [0.4, 0.5) is 21.5 Å². The molecule has 0 spiro atoms. The van der Waals surface area contributed by atoms with Crippen molar-refractivity contribution in [2.75, 3.05) is 11.1 Å². The van der Waals surface area contributed by atoms with E-state index in [1.807, 2.05) is 0 Å². The van der Waals surface area contributed by atoms with Crippen LogP contribution >= 0.6 is 0 Å². The summed E-state index contributed by atoms with van der Waals surface area (Å²) in [7, 11) is 0. The molecular weight excluding hydrogens is 281 g/mol. The Kier molecular flexibility index (Phi) is 3.74. The molecule has 0 aliphatic carbocycles. The highest BCUT2D eigenvalue weighted by Gasteiger charge is 2.26. The zero-order valence-electron chi connectivity index (χ0n) is 10.7. The largest absolute Gasteiger partial charge is 0.393 e. The molecule has 7 nitrogen and oxygen atoms in total. The number of nitrogens with zero attached hydrogens (tertiary/aromatic N) is 1. The molecule has 0 radical (unpaired) electrons. The lowest BCUT2D eigenvalue weighted by molar-refractivity contribution is -0.383. The second-order valence-electron chi connectivity index (χ2n) is 4.33. The van der Waals surface area contributed by atoms with E-state index in [1.54, 1.807) is 0 Å². The minimum atomic E-state index is -2.52. The molecule has 0 aromatic heterocycles. The van der Waals surface area contributed by atoms with Crippen molar-refractivity contribution < 1.29 is 19.5 Å². The van der Waals surface area contributed by atoms with Gasteiger partial charge in [0.05, 0.1) is 4.92 Å². The average Bonchev–Trinajstić information content (AvgIpc) is 2.41. The molecule has 110 valence electrons. The SMILES string of the molecule is Nc1ccc(NC(O)(O)c2ccc(F)cc2)cc1[N+](=O)[O-]. The van der Waals surface area contributed by atoms with Gasteiger partial charge in [-0.25, -0.2) is 4.39 Å². The summed E-state index contributed by atoms with van der Waals surface area (Å²) in [6.45, 7) is 0. The maximum atomic E-state index is 12.8. The van der Waals surface area contributed by atoms with Crippen LogP contribution in [0.1, 0.15) is 5.56 Å². The van der Waals surface area contributed by atoms with Gasteiger partial charge in [0.2, 0.25) is 0 Å². The van der Waals surface area contributed by atoms with E-state index in [9.17, 15) is 24.7 Å². The molecule has 0 saturated carbocycles. The summed E-state index contributed by atoms with van der Waals surface area (Å²) < 4.78 is 12.8. The fourth-order valence-corrected chi connectivity index (χ4v) is 1.74. The van der Waals surface area contributed by atoms with E-state index in [0.717, 1.165) is 18.2 Å². The topological polar surface area (TPSA) is 122 Å². The summed E-state index contributed by atoms with van der Waals surface area (Å²) in [6.07, 6.45) is 0. The molecule has 0 fully saturated rings. The molecule has 21 heavy (non-hydrogen) atoms. The highest BCUT2D eigenvalue weighted by atomic mass is 19.1. The number of hydrogen-bond donors (Lipinski definition) is 4. The molecule has 5 N–H and O–H groups in total. The first-order valence-electron chi connectivity index (χ1n) is 5.82. The fraction of sp³-hybridized carbons (Fsp3) is 0.0769. The molecule has 2 rings (SSSR count). The zero-order valence-corrected chi connectivity index (χ0v) is 10.7. The van der Waals surface area contributed by atoms with Crippen LogP contribution in [0.25, 0.3) is 0 Å². The normalized spacial score (nSPS) is 11.2. The lowest BCUT2D eigenvalue weighted by Crippen LogP contribution is -2.34. The molecular formula is C13H12FN3O4. The Labute approximate surface area is 118 Å². The van der Waals surface area contributed by atoms with Crippen molar-refractivity contribution in [3.05, 3.63) is 64.0 Å². The minimum absolute atomic E-state index is 0.0246. The number of benzene rings is 2. The van der Waals surface area contributed by atoms with E-state index in [4.69, 9.17) is 5.73 Å². The van der Waals surface area contributed by atoms with Gasteiger partial charge in [-0.15, -0.1) is 0 Å². The van der Waals surface area contributed by atoms with Crippen molar-refractivity contribution in [1.29, 1.82) is 0 Å². The maximum Gasteiger partial charge on any atom is 0.294 e. The van der Waals surface area contributed by atoms with Crippen LogP contribution in [-0.4, -0.2) is 15.1 Å². The van der Waals surface area contributed by atoms with Gasteiger partial charge in [-0.3, -0.25) is 10.1 Å². The van der Waals surface area contributed by atoms with Crippen LogP contribution in [0, 0.1) is 15.9 Å². The number of hydrogen-bond acceptors (Lipinski definition) is 6. The van der Waals surface area contributed by atoms with Gasteiger partial charge >= 0.3 is 0 Å². The number of nitrogens with one attached hydrogen (secondary N) is 1. The lowest BCUT2D eigenvalue weighted by Gasteiger charge is -2.24. The predicted molar refractivity (Wildman–Crippen MR) is 73.6 cm³/mol. The number of aliphatic hydroxyl groups is 2. The first-order chi connectivity index (χ1) is 9.79. The molecule has 0 unspecified atom stereocenters. The number of nitrogen functional groups attached to an aromatic ring is 1. The van der Waals surface area contributed by atoms with Crippen LogP contribution in [0.3, 0.4) is 0 Å². The summed E-state index contributed by atoms with van der Waals surface area (Å²) in [4.78, 5) is 10.1. The summed E-state index contributed by atoms with van der Waals surface area (Å²) in [5.41, 5.74) is 5.08. The van der Waals surface area contributed by atoms with Crippen LogP contribution in [0.15, 0.2) is 42.5 Å². The highest BCUT2D eigenvalue weighted by molar-refractivity contribution is 5.65. The second kappa shape index (κ2) is 5.35. The first-order valence-corrected chi connectivity index (χ1v) is 5.82. The molecule has 0 saturated heterocycles.